The summed E-state index contributed by atoms with van der Waals surface area (Å²) in [7, 11) is 0. The number of piperidine rings is 1. The lowest BCUT2D eigenvalue weighted by Crippen LogP contribution is -2.51. The molecule has 1 aromatic carbocycles. The molecule has 2 aromatic heterocycles. The Morgan fingerprint density at radius 3 is 2.68 bits per heavy atom. The lowest BCUT2D eigenvalue weighted by Gasteiger charge is -2.34. The molecule has 2 unspecified atom stereocenters. The van der Waals surface area contributed by atoms with Crippen LogP contribution >= 0.6 is 0 Å². The quantitative estimate of drug-likeness (QED) is 0.410. The summed E-state index contributed by atoms with van der Waals surface area (Å²) in [6.07, 6.45) is 3.92. The largest absolute Gasteiger partial charge is 0.361 e. The molecule has 1 fully saturated rings. The molecule has 0 spiro atoms. The zero-order chi connectivity index (χ0) is 27.4. The van der Waals surface area contributed by atoms with Gasteiger partial charge in [-0.3, -0.25) is 14.4 Å². The van der Waals surface area contributed by atoms with E-state index in [0.29, 0.717) is 23.8 Å². The summed E-state index contributed by atoms with van der Waals surface area (Å²) in [6.45, 7) is 5.84. The summed E-state index contributed by atoms with van der Waals surface area (Å²) in [4.78, 5) is 48.0. The van der Waals surface area contributed by atoms with Gasteiger partial charge in [-0.15, -0.1) is 0 Å². The Hall–Kier alpha value is -4.09. The van der Waals surface area contributed by atoms with Crippen LogP contribution in [0, 0.1) is 18.6 Å². The second kappa shape index (κ2) is 11.5. The number of aromatic nitrogens is 3. The molecule has 1 aliphatic heterocycles. The first kappa shape index (κ1) is 27.0. The number of aromatic amines is 1. The Morgan fingerprint density at radius 1 is 1.21 bits per heavy atom. The van der Waals surface area contributed by atoms with Crippen molar-refractivity contribution < 1.29 is 27.7 Å². The predicted molar refractivity (Wildman–Crippen MR) is 133 cm³/mol. The molecule has 3 aromatic rings. The van der Waals surface area contributed by atoms with E-state index in [1.165, 1.54) is 18.3 Å². The SMILES string of the molecule is Cc1cc(C(=O)NC(CC(=O)N2CCCCC2C)C(=O)N[C@@H](C)c2ncc(-c3ccc(F)cc3F)[nH]2)no1. The van der Waals surface area contributed by atoms with Gasteiger partial charge in [0.1, 0.15) is 29.3 Å². The number of nitrogens with zero attached hydrogens (tertiary/aromatic N) is 3. The molecule has 1 aliphatic rings. The number of nitrogens with one attached hydrogen (secondary N) is 3. The van der Waals surface area contributed by atoms with Crippen molar-refractivity contribution in [3.63, 3.8) is 0 Å². The van der Waals surface area contributed by atoms with Gasteiger partial charge >= 0.3 is 0 Å². The maximum atomic E-state index is 14.2. The van der Waals surface area contributed by atoms with Crippen molar-refractivity contribution in [2.45, 2.75) is 64.6 Å². The molecule has 0 bridgehead atoms. The highest BCUT2D eigenvalue weighted by molar-refractivity contribution is 5.97. The fourth-order valence-corrected chi connectivity index (χ4v) is 4.46. The van der Waals surface area contributed by atoms with Gasteiger partial charge in [0.25, 0.3) is 5.91 Å². The first-order valence-electron chi connectivity index (χ1n) is 12.5. The third-order valence-electron chi connectivity index (χ3n) is 6.57. The lowest BCUT2D eigenvalue weighted by atomic mass is 10.0. The topological polar surface area (TPSA) is 133 Å². The van der Waals surface area contributed by atoms with E-state index in [9.17, 15) is 23.2 Å². The molecular weight excluding hydrogens is 498 g/mol. The standard InChI is InChI=1S/C26H30F2N6O4/c1-14-6-4-5-9-34(14)23(35)12-20(32-26(37)21-10-15(2)38-33-21)25(36)30-16(3)24-29-13-22(31-24)18-8-7-17(27)11-19(18)28/h7-8,10-11,13-14,16,20H,4-6,9,12H2,1-3H3,(H,29,31)(H,30,36)(H,32,37)/t14?,16-,20?/m0/s1. The monoisotopic (exact) mass is 528 g/mol. The third-order valence-corrected chi connectivity index (χ3v) is 6.57. The maximum absolute atomic E-state index is 14.2. The second-order valence-electron chi connectivity index (χ2n) is 9.52. The van der Waals surface area contributed by atoms with Crippen LogP contribution in [0.15, 0.2) is 35.0 Å². The van der Waals surface area contributed by atoms with Crippen LogP contribution in [0.1, 0.15) is 67.6 Å². The van der Waals surface area contributed by atoms with Gasteiger partial charge in [0, 0.05) is 30.3 Å². The molecule has 0 aliphatic carbocycles. The molecule has 3 N–H and O–H groups in total. The predicted octanol–water partition coefficient (Wildman–Crippen LogP) is 3.42. The van der Waals surface area contributed by atoms with Gasteiger partial charge in [0.15, 0.2) is 5.69 Å². The van der Waals surface area contributed by atoms with Crippen LogP contribution in [0.25, 0.3) is 11.3 Å². The molecule has 0 radical (unpaired) electrons. The van der Waals surface area contributed by atoms with Gasteiger partial charge < -0.3 is 25.0 Å². The van der Waals surface area contributed by atoms with E-state index in [4.69, 9.17) is 4.52 Å². The van der Waals surface area contributed by atoms with Gasteiger partial charge in [0.2, 0.25) is 11.8 Å². The number of amides is 3. The fraction of sp³-hybridized carbons (Fsp3) is 0.423. The zero-order valence-corrected chi connectivity index (χ0v) is 21.4. The smallest absolute Gasteiger partial charge is 0.274 e. The van der Waals surface area contributed by atoms with E-state index in [1.807, 2.05) is 6.92 Å². The van der Waals surface area contributed by atoms with E-state index in [2.05, 4.69) is 25.8 Å². The summed E-state index contributed by atoms with van der Waals surface area (Å²) in [5, 5.41) is 9.02. The Bertz CT molecular complexity index is 1320. The molecule has 0 saturated carbocycles. The number of imidazole rings is 1. The van der Waals surface area contributed by atoms with Crippen LogP contribution in [-0.4, -0.2) is 56.4 Å². The van der Waals surface area contributed by atoms with Crippen LogP contribution in [0.3, 0.4) is 0 Å². The average molecular weight is 529 g/mol. The maximum Gasteiger partial charge on any atom is 0.274 e. The molecule has 12 heteroatoms. The number of benzene rings is 1. The second-order valence-corrected chi connectivity index (χ2v) is 9.52. The van der Waals surface area contributed by atoms with E-state index >= 15 is 0 Å². The van der Waals surface area contributed by atoms with Crippen molar-refractivity contribution in [3.8, 4) is 11.3 Å². The van der Waals surface area contributed by atoms with Crippen molar-refractivity contribution in [1.82, 2.24) is 30.7 Å². The van der Waals surface area contributed by atoms with Crippen LogP contribution in [0.5, 0.6) is 0 Å². The number of aryl methyl sites for hydroxylation is 1. The van der Waals surface area contributed by atoms with Gasteiger partial charge in [0.05, 0.1) is 24.4 Å². The summed E-state index contributed by atoms with van der Waals surface area (Å²) in [5.74, 6) is -2.22. The van der Waals surface area contributed by atoms with Gasteiger partial charge in [-0.1, -0.05) is 5.16 Å². The molecule has 10 nitrogen and oxygen atoms in total. The lowest BCUT2D eigenvalue weighted by molar-refractivity contribution is -0.137. The number of rotatable bonds is 8. The number of H-pyrrole nitrogens is 1. The summed E-state index contributed by atoms with van der Waals surface area (Å²) >= 11 is 0. The minimum Gasteiger partial charge on any atom is -0.361 e. The Morgan fingerprint density at radius 2 is 2.00 bits per heavy atom. The fourth-order valence-electron chi connectivity index (χ4n) is 4.46. The van der Waals surface area contributed by atoms with Crippen molar-refractivity contribution >= 4 is 17.7 Å². The van der Waals surface area contributed by atoms with E-state index < -0.39 is 35.5 Å². The van der Waals surface area contributed by atoms with Gasteiger partial charge in [-0.05, 0) is 52.2 Å². The van der Waals surface area contributed by atoms with Gasteiger partial charge in [-0.25, -0.2) is 13.8 Å². The Labute approximate surface area is 218 Å². The van der Waals surface area contributed by atoms with E-state index in [-0.39, 0.29) is 29.6 Å². The summed E-state index contributed by atoms with van der Waals surface area (Å²) in [5.41, 5.74) is 0.418. The van der Waals surface area contributed by atoms with Crippen LogP contribution in [0.4, 0.5) is 8.78 Å². The number of carbonyl (C=O) groups excluding carboxylic acids is 3. The van der Waals surface area contributed by atoms with Crippen LogP contribution in [-0.2, 0) is 9.59 Å². The number of carbonyl (C=O) groups is 3. The minimum atomic E-state index is -1.19. The molecule has 3 amide bonds. The molecule has 38 heavy (non-hydrogen) atoms. The highest BCUT2D eigenvalue weighted by atomic mass is 19.1. The number of hydrogen-bond donors (Lipinski definition) is 3. The molecule has 3 heterocycles. The van der Waals surface area contributed by atoms with Crippen LogP contribution < -0.4 is 10.6 Å². The number of hydrogen-bond acceptors (Lipinski definition) is 6. The molecule has 1 saturated heterocycles. The van der Waals surface area contributed by atoms with E-state index in [0.717, 1.165) is 31.4 Å². The van der Waals surface area contributed by atoms with Gasteiger partial charge in [-0.2, -0.15) is 0 Å². The molecule has 202 valence electrons. The van der Waals surface area contributed by atoms with Crippen molar-refractivity contribution in [2.75, 3.05) is 6.54 Å². The van der Waals surface area contributed by atoms with Crippen molar-refractivity contribution in [1.29, 1.82) is 0 Å². The number of halogens is 2. The van der Waals surface area contributed by atoms with Crippen molar-refractivity contribution in [3.05, 3.63) is 59.4 Å². The normalized spacial score (nSPS) is 17.1. The highest BCUT2D eigenvalue weighted by Gasteiger charge is 2.31. The zero-order valence-electron chi connectivity index (χ0n) is 21.4. The molecule has 4 rings (SSSR count). The first-order valence-corrected chi connectivity index (χ1v) is 12.5. The summed E-state index contributed by atoms with van der Waals surface area (Å²) < 4.78 is 32.4. The average Bonchev–Trinajstić information content (AvgIpc) is 3.53. The van der Waals surface area contributed by atoms with Crippen LogP contribution in [0.2, 0.25) is 0 Å². The highest BCUT2D eigenvalue weighted by Crippen LogP contribution is 2.23. The number of likely N-dealkylation sites (tertiary alicyclic amines) is 1. The molecular formula is C26H30F2N6O4. The minimum absolute atomic E-state index is 0.0101. The van der Waals surface area contributed by atoms with Crippen molar-refractivity contribution in [2.24, 2.45) is 0 Å². The Balaban J connectivity index is 1.49. The molecule has 3 atom stereocenters. The third kappa shape index (κ3) is 6.24. The summed E-state index contributed by atoms with van der Waals surface area (Å²) in [6, 6.07) is 2.79. The Kier molecular flexibility index (Phi) is 8.18. The first-order chi connectivity index (χ1) is 18.1. The van der Waals surface area contributed by atoms with E-state index in [1.54, 1.807) is 18.7 Å².